The van der Waals surface area contributed by atoms with Gasteiger partial charge in [-0.15, -0.1) is 0 Å². The Morgan fingerprint density at radius 2 is 2.11 bits per heavy atom. The summed E-state index contributed by atoms with van der Waals surface area (Å²) in [5.74, 6) is 0.433. The molecular formula is C11H7F3N4S. The minimum absolute atomic E-state index is 0.190. The highest BCUT2D eigenvalue weighted by molar-refractivity contribution is 7.71. The minimum atomic E-state index is -4.60. The van der Waals surface area contributed by atoms with Crippen LogP contribution in [0.1, 0.15) is 17.0 Å². The molecule has 1 heterocycles. The van der Waals surface area contributed by atoms with Crippen LogP contribution in [0, 0.1) is 23.0 Å². The lowest BCUT2D eigenvalue weighted by Crippen LogP contribution is -2.09. The molecule has 0 aliphatic heterocycles. The first kappa shape index (κ1) is 13.3. The Labute approximate surface area is 111 Å². The third kappa shape index (κ3) is 2.37. The van der Waals surface area contributed by atoms with Crippen LogP contribution in [-0.2, 0) is 6.18 Å². The lowest BCUT2D eigenvalue weighted by atomic mass is 10.1. The second kappa shape index (κ2) is 4.51. The first-order valence-electron chi connectivity index (χ1n) is 5.10. The van der Waals surface area contributed by atoms with Crippen molar-refractivity contribution >= 4 is 12.2 Å². The van der Waals surface area contributed by atoms with E-state index in [0.29, 0.717) is 5.82 Å². The van der Waals surface area contributed by atoms with E-state index in [1.165, 1.54) is 16.7 Å². The molecule has 8 heteroatoms. The van der Waals surface area contributed by atoms with Gasteiger partial charge in [-0.05, 0) is 37.3 Å². The lowest BCUT2D eigenvalue weighted by Gasteiger charge is -2.11. The summed E-state index contributed by atoms with van der Waals surface area (Å²) >= 11 is 4.95. The molecule has 0 aliphatic rings. The highest BCUT2D eigenvalue weighted by Gasteiger charge is 2.34. The monoisotopic (exact) mass is 284 g/mol. The van der Waals surface area contributed by atoms with Gasteiger partial charge in [0, 0.05) is 0 Å². The number of H-pyrrole nitrogens is 1. The third-order valence-electron chi connectivity index (χ3n) is 2.53. The summed E-state index contributed by atoms with van der Waals surface area (Å²) in [6, 6.07) is 4.92. The van der Waals surface area contributed by atoms with Gasteiger partial charge in [-0.25, -0.2) is 0 Å². The van der Waals surface area contributed by atoms with Crippen LogP contribution in [0.15, 0.2) is 18.2 Å². The fraction of sp³-hybridized carbons (Fsp3) is 0.182. The van der Waals surface area contributed by atoms with Crippen molar-refractivity contribution in [3.63, 3.8) is 0 Å². The maximum Gasteiger partial charge on any atom is 0.417 e. The smallest absolute Gasteiger partial charge is 0.272 e. The van der Waals surface area contributed by atoms with Gasteiger partial charge in [0.15, 0.2) is 4.77 Å². The number of nitrogens with one attached hydrogen (secondary N) is 1. The summed E-state index contributed by atoms with van der Waals surface area (Å²) in [6.07, 6.45) is -4.60. The van der Waals surface area contributed by atoms with Crippen molar-refractivity contribution in [1.29, 1.82) is 5.26 Å². The molecule has 0 spiro atoms. The SMILES string of the molecule is Cc1n[nH]c(=S)n1-c1ccc(C#N)c(C(F)(F)F)c1. The standard InChI is InChI=1S/C11H7F3N4S/c1-6-16-17-10(19)18(6)8-3-2-7(5-15)9(4-8)11(12,13)14/h2-4H,1H3,(H,17,19). The van der Waals surface area contributed by atoms with E-state index in [1.54, 1.807) is 6.92 Å². The van der Waals surface area contributed by atoms with Gasteiger partial charge in [0.25, 0.3) is 0 Å². The van der Waals surface area contributed by atoms with Crippen LogP contribution >= 0.6 is 12.2 Å². The molecule has 0 bridgehead atoms. The second-order valence-corrected chi connectivity index (χ2v) is 4.14. The molecule has 2 rings (SSSR count). The molecule has 19 heavy (non-hydrogen) atoms. The minimum Gasteiger partial charge on any atom is -0.272 e. The Kier molecular flexibility index (Phi) is 3.16. The highest BCUT2D eigenvalue weighted by atomic mass is 32.1. The molecule has 2 aromatic rings. The number of nitrogens with zero attached hydrogens (tertiary/aromatic N) is 3. The normalized spacial score (nSPS) is 11.3. The summed E-state index contributed by atoms with van der Waals surface area (Å²) in [5, 5.41) is 15.0. The lowest BCUT2D eigenvalue weighted by molar-refractivity contribution is -0.137. The maximum absolute atomic E-state index is 12.8. The molecule has 0 unspecified atom stereocenters. The molecule has 0 aliphatic carbocycles. The number of hydrogen-bond donors (Lipinski definition) is 1. The van der Waals surface area contributed by atoms with Crippen molar-refractivity contribution in [1.82, 2.24) is 14.8 Å². The molecule has 0 saturated carbocycles. The van der Waals surface area contributed by atoms with Crippen LogP contribution < -0.4 is 0 Å². The van der Waals surface area contributed by atoms with E-state index in [9.17, 15) is 13.2 Å². The molecule has 0 saturated heterocycles. The Morgan fingerprint density at radius 1 is 1.42 bits per heavy atom. The molecule has 4 nitrogen and oxygen atoms in total. The Bertz CT molecular complexity index is 721. The van der Waals surface area contributed by atoms with Gasteiger partial charge in [-0.1, -0.05) is 0 Å². The molecule has 0 fully saturated rings. The van der Waals surface area contributed by atoms with Crippen molar-refractivity contribution < 1.29 is 13.2 Å². The zero-order chi connectivity index (χ0) is 14.2. The van der Waals surface area contributed by atoms with Crippen LogP contribution in [0.25, 0.3) is 5.69 Å². The number of aromatic nitrogens is 3. The summed E-state index contributed by atoms with van der Waals surface area (Å²) in [6.45, 7) is 1.61. The molecular weight excluding hydrogens is 277 g/mol. The number of aromatic amines is 1. The zero-order valence-corrected chi connectivity index (χ0v) is 10.4. The van der Waals surface area contributed by atoms with Crippen LogP contribution in [-0.4, -0.2) is 14.8 Å². The Hall–Kier alpha value is -2.14. The number of rotatable bonds is 1. The number of benzene rings is 1. The van der Waals surface area contributed by atoms with E-state index in [4.69, 9.17) is 17.5 Å². The fourth-order valence-electron chi connectivity index (χ4n) is 1.68. The predicted molar refractivity (Wildman–Crippen MR) is 63.2 cm³/mol. The van der Waals surface area contributed by atoms with Crippen LogP contribution in [0.3, 0.4) is 0 Å². The largest absolute Gasteiger partial charge is 0.417 e. The molecule has 1 N–H and O–H groups in total. The average molecular weight is 284 g/mol. The van der Waals surface area contributed by atoms with Gasteiger partial charge in [0.2, 0.25) is 0 Å². The van der Waals surface area contributed by atoms with Gasteiger partial charge >= 0.3 is 6.18 Å². The van der Waals surface area contributed by atoms with E-state index < -0.39 is 17.3 Å². The third-order valence-corrected chi connectivity index (χ3v) is 2.80. The summed E-state index contributed by atoms with van der Waals surface area (Å²) in [4.78, 5) is 0. The zero-order valence-electron chi connectivity index (χ0n) is 9.62. The van der Waals surface area contributed by atoms with Crippen molar-refractivity contribution in [2.24, 2.45) is 0 Å². The van der Waals surface area contributed by atoms with E-state index in [-0.39, 0.29) is 10.5 Å². The predicted octanol–water partition coefficient (Wildman–Crippen LogP) is 3.13. The Balaban J connectivity index is 2.70. The van der Waals surface area contributed by atoms with E-state index in [0.717, 1.165) is 12.1 Å². The van der Waals surface area contributed by atoms with Crippen LogP contribution in [0.2, 0.25) is 0 Å². The molecule has 1 aromatic heterocycles. The quantitative estimate of drug-likeness (QED) is 0.818. The van der Waals surface area contributed by atoms with Crippen molar-refractivity contribution in [3.8, 4) is 11.8 Å². The van der Waals surface area contributed by atoms with Gasteiger partial charge in [-0.2, -0.15) is 23.5 Å². The molecule has 0 radical (unpaired) electrons. The van der Waals surface area contributed by atoms with Gasteiger partial charge in [0.1, 0.15) is 5.82 Å². The second-order valence-electron chi connectivity index (χ2n) is 3.75. The first-order chi connectivity index (χ1) is 8.84. The van der Waals surface area contributed by atoms with E-state index >= 15 is 0 Å². The maximum atomic E-state index is 12.8. The number of aryl methyl sites for hydroxylation is 1. The summed E-state index contributed by atoms with van der Waals surface area (Å²) < 4.78 is 40.1. The Morgan fingerprint density at radius 3 is 2.58 bits per heavy atom. The van der Waals surface area contributed by atoms with Crippen molar-refractivity contribution in [3.05, 3.63) is 39.9 Å². The fourth-order valence-corrected chi connectivity index (χ4v) is 1.97. The first-order valence-corrected chi connectivity index (χ1v) is 5.51. The van der Waals surface area contributed by atoms with Crippen molar-refractivity contribution in [2.75, 3.05) is 0 Å². The molecule has 0 amide bonds. The van der Waals surface area contributed by atoms with E-state index in [1.807, 2.05) is 0 Å². The van der Waals surface area contributed by atoms with Gasteiger partial charge in [-0.3, -0.25) is 9.67 Å². The van der Waals surface area contributed by atoms with Crippen LogP contribution in [0.5, 0.6) is 0 Å². The number of halogens is 3. The topological polar surface area (TPSA) is 57.4 Å². The number of alkyl halides is 3. The summed E-state index contributed by atoms with van der Waals surface area (Å²) in [7, 11) is 0. The highest BCUT2D eigenvalue weighted by Crippen LogP contribution is 2.33. The average Bonchev–Trinajstić information content (AvgIpc) is 2.67. The molecule has 1 aromatic carbocycles. The number of hydrogen-bond acceptors (Lipinski definition) is 3. The van der Waals surface area contributed by atoms with Gasteiger partial charge < -0.3 is 0 Å². The van der Waals surface area contributed by atoms with Crippen LogP contribution in [0.4, 0.5) is 13.2 Å². The van der Waals surface area contributed by atoms with Crippen molar-refractivity contribution in [2.45, 2.75) is 13.1 Å². The molecule has 98 valence electrons. The summed E-state index contributed by atoms with van der Waals surface area (Å²) in [5.41, 5.74) is -1.21. The van der Waals surface area contributed by atoms with Gasteiger partial charge in [0.05, 0.1) is 22.9 Å². The van der Waals surface area contributed by atoms with E-state index in [2.05, 4.69) is 10.2 Å². The molecule has 0 atom stereocenters. The number of nitriles is 1.